The third-order valence-corrected chi connectivity index (χ3v) is 3.74. The van der Waals surface area contributed by atoms with Gasteiger partial charge in [0.2, 0.25) is 0 Å². The molecule has 0 aliphatic carbocycles. The van der Waals surface area contributed by atoms with Crippen molar-refractivity contribution in [1.82, 2.24) is 5.32 Å². The molecule has 1 aromatic carbocycles. The maximum atomic E-state index is 11.5. The van der Waals surface area contributed by atoms with Crippen LogP contribution < -0.4 is 5.32 Å². The van der Waals surface area contributed by atoms with Gasteiger partial charge >= 0.3 is 0 Å². The summed E-state index contributed by atoms with van der Waals surface area (Å²) in [6.07, 6.45) is 1.37. The van der Waals surface area contributed by atoms with Crippen molar-refractivity contribution in [2.75, 3.05) is 19.9 Å². The fourth-order valence-corrected chi connectivity index (χ4v) is 2.27. The first-order chi connectivity index (χ1) is 8.34. The highest BCUT2D eigenvalue weighted by Crippen LogP contribution is 2.18. The Labute approximate surface area is 109 Å². The molecule has 102 valence electrons. The van der Waals surface area contributed by atoms with Crippen molar-refractivity contribution in [3.05, 3.63) is 29.8 Å². The van der Waals surface area contributed by atoms with Crippen LogP contribution in [0.4, 0.5) is 0 Å². The van der Waals surface area contributed by atoms with Gasteiger partial charge < -0.3 is 10.1 Å². The third kappa shape index (κ3) is 4.40. The van der Waals surface area contributed by atoms with Crippen molar-refractivity contribution in [2.45, 2.75) is 30.9 Å². The van der Waals surface area contributed by atoms with Crippen LogP contribution in [0.25, 0.3) is 0 Å². The molecule has 0 spiro atoms. The van der Waals surface area contributed by atoms with Gasteiger partial charge in [-0.1, -0.05) is 12.1 Å². The number of ether oxygens (including phenoxy) is 1. The second-order valence-corrected chi connectivity index (χ2v) is 6.58. The molecule has 1 rings (SSSR count). The van der Waals surface area contributed by atoms with Gasteiger partial charge in [0.25, 0.3) is 0 Å². The Morgan fingerprint density at radius 2 is 2.00 bits per heavy atom. The minimum atomic E-state index is -3.17. The summed E-state index contributed by atoms with van der Waals surface area (Å²) in [6, 6.07) is 6.95. The molecule has 0 bridgehead atoms. The molecule has 1 atom stereocenters. The molecule has 0 heterocycles. The SMILES string of the molecule is CNC(COC(C)C)c1cccc(S(C)(=O)=O)c1. The summed E-state index contributed by atoms with van der Waals surface area (Å²) in [7, 11) is -1.33. The molecule has 0 saturated heterocycles. The Kier molecular flexibility index (Phi) is 5.31. The van der Waals surface area contributed by atoms with E-state index in [1.165, 1.54) is 6.26 Å². The van der Waals surface area contributed by atoms with Gasteiger partial charge in [0.05, 0.1) is 23.6 Å². The van der Waals surface area contributed by atoms with Gasteiger partial charge in [0.15, 0.2) is 9.84 Å². The first-order valence-electron chi connectivity index (χ1n) is 5.93. The summed E-state index contributed by atoms with van der Waals surface area (Å²) in [5, 5.41) is 3.13. The number of rotatable bonds is 6. The Bertz CT molecular complexity index is 483. The predicted octanol–water partition coefficient (Wildman–Crippen LogP) is 1.78. The van der Waals surface area contributed by atoms with E-state index in [2.05, 4.69) is 5.32 Å². The molecule has 4 nitrogen and oxygen atoms in total. The summed E-state index contributed by atoms with van der Waals surface area (Å²) < 4.78 is 28.6. The number of hydrogen-bond acceptors (Lipinski definition) is 4. The smallest absolute Gasteiger partial charge is 0.175 e. The molecule has 0 aliphatic heterocycles. The van der Waals surface area contributed by atoms with E-state index in [9.17, 15) is 8.42 Å². The van der Waals surface area contributed by atoms with E-state index in [1.54, 1.807) is 18.2 Å². The van der Waals surface area contributed by atoms with Crippen LogP contribution in [-0.4, -0.2) is 34.4 Å². The van der Waals surface area contributed by atoms with Gasteiger partial charge in [-0.25, -0.2) is 8.42 Å². The minimum absolute atomic E-state index is 0.00546. The van der Waals surface area contributed by atoms with Gasteiger partial charge in [0, 0.05) is 6.26 Å². The zero-order valence-corrected chi connectivity index (χ0v) is 12.1. The third-order valence-electron chi connectivity index (χ3n) is 2.63. The molecule has 0 radical (unpaired) electrons. The van der Waals surface area contributed by atoms with Crippen molar-refractivity contribution in [2.24, 2.45) is 0 Å². The maximum Gasteiger partial charge on any atom is 0.175 e. The van der Waals surface area contributed by atoms with Crippen LogP contribution in [-0.2, 0) is 14.6 Å². The van der Waals surface area contributed by atoms with E-state index in [0.29, 0.717) is 11.5 Å². The summed E-state index contributed by atoms with van der Waals surface area (Å²) in [6.45, 7) is 4.46. The molecule has 1 unspecified atom stereocenters. The summed E-state index contributed by atoms with van der Waals surface area (Å²) in [5.74, 6) is 0. The lowest BCUT2D eigenvalue weighted by atomic mass is 10.1. The van der Waals surface area contributed by atoms with Crippen LogP contribution in [0, 0.1) is 0 Å². The van der Waals surface area contributed by atoms with Gasteiger partial charge in [-0.15, -0.1) is 0 Å². The first-order valence-corrected chi connectivity index (χ1v) is 7.82. The molecular formula is C13H21NO3S. The fraction of sp³-hybridized carbons (Fsp3) is 0.538. The standard InChI is InChI=1S/C13H21NO3S/c1-10(2)17-9-13(14-3)11-6-5-7-12(8-11)18(4,15)16/h5-8,10,13-14H,9H2,1-4H3. The summed E-state index contributed by atoms with van der Waals surface area (Å²) in [4.78, 5) is 0.338. The van der Waals surface area contributed by atoms with Crippen molar-refractivity contribution >= 4 is 9.84 Å². The van der Waals surface area contributed by atoms with E-state index in [-0.39, 0.29) is 12.1 Å². The van der Waals surface area contributed by atoms with E-state index >= 15 is 0 Å². The van der Waals surface area contributed by atoms with Crippen LogP contribution in [0.2, 0.25) is 0 Å². The quantitative estimate of drug-likeness (QED) is 0.857. The molecule has 18 heavy (non-hydrogen) atoms. The molecular weight excluding hydrogens is 250 g/mol. The molecule has 0 aliphatic rings. The molecule has 0 amide bonds. The monoisotopic (exact) mass is 271 g/mol. The van der Waals surface area contributed by atoms with Gasteiger partial charge in [0.1, 0.15) is 0 Å². The minimum Gasteiger partial charge on any atom is -0.377 e. The maximum absolute atomic E-state index is 11.5. The van der Waals surface area contributed by atoms with E-state index in [1.807, 2.05) is 27.0 Å². The van der Waals surface area contributed by atoms with Crippen molar-refractivity contribution < 1.29 is 13.2 Å². The lowest BCUT2D eigenvalue weighted by Gasteiger charge is -2.19. The zero-order chi connectivity index (χ0) is 13.8. The molecule has 0 aromatic heterocycles. The van der Waals surface area contributed by atoms with Crippen LogP contribution in [0.15, 0.2) is 29.2 Å². The summed E-state index contributed by atoms with van der Waals surface area (Å²) >= 11 is 0. The van der Waals surface area contributed by atoms with Crippen LogP contribution in [0.3, 0.4) is 0 Å². The lowest BCUT2D eigenvalue weighted by Crippen LogP contribution is -2.23. The highest BCUT2D eigenvalue weighted by molar-refractivity contribution is 7.90. The van der Waals surface area contributed by atoms with Gasteiger partial charge in [-0.2, -0.15) is 0 Å². The fourth-order valence-electron chi connectivity index (χ4n) is 1.60. The summed E-state index contributed by atoms with van der Waals surface area (Å²) in [5.41, 5.74) is 0.918. The topological polar surface area (TPSA) is 55.4 Å². The largest absolute Gasteiger partial charge is 0.377 e. The Hall–Kier alpha value is -0.910. The van der Waals surface area contributed by atoms with Crippen molar-refractivity contribution in [3.8, 4) is 0 Å². The second kappa shape index (κ2) is 6.31. The zero-order valence-electron chi connectivity index (χ0n) is 11.3. The number of hydrogen-bond donors (Lipinski definition) is 1. The Morgan fingerprint density at radius 1 is 1.33 bits per heavy atom. The number of nitrogens with one attached hydrogen (secondary N) is 1. The molecule has 0 saturated carbocycles. The van der Waals surface area contributed by atoms with Crippen molar-refractivity contribution in [3.63, 3.8) is 0 Å². The van der Waals surface area contributed by atoms with Crippen LogP contribution in [0.1, 0.15) is 25.5 Å². The molecule has 0 fully saturated rings. The average Bonchev–Trinajstić information content (AvgIpc) is 2.29. The van der Waals surface area contributed by atoms with E-state index in [4.69, 9.17) is 4.74 Å². The highest BCUT2D eigenvalue weighted by Gasteiger charge is 2.13. The first kappa shape index (κ1) is 15.1. The number of sulfone groups is 1. The van der Waals surface area contributed by atoms with Gasteiger partial charge in [-0.3, -0.25) is 0 Å². The van der Waals surface area contributed by atoms with E-state index in [0.717, 1.165) is 5.56 Å². The Morgan fingerprint density at radius 3 is 2.50 bits per heavy atom. The normalized spacial score (nSPS) is 13.8. The number of benzene rings is 1. The predicted molar refractivity (Wildman–Crippen MR) is 72.4 cm³/mol. The van der Waals surface area contributed by atoms with Crippen LogP contribution >= 0.6 is 0 Å². The van der Waals surface area contributed by atoms with Crippen molar-refractivity contribution in [1.29, 1.82) is 0 Å². The molecule has 5 heteroatoms. The van der Waals surface area contributed by atoms with E-state index < -0.39 is 9.84 Å². The molecule has 1 N–H and O–H groups in total. The Balaban J connectivity index is 2.93. The molecule has 1 aromatic rings. The van der Waals surface area contributed by atoms with Gasteiger partial charge in [-0.05, 0) is 38.6 Å². The lowest BCUT2D eigenvalue weighted by molar-refractivity contribution is 0.0626. The second-order valence-electron chi connectivity index (χ2n) is 4.57. The highest BCUT2D eigenvalue weighted by atomic mass is 32.2. The number of likely N-dealkylation sites (N-methyl/N-ethyl adjacent to an activating group) is 1. The van der Waals surface area contributed by atoms with Crippen LogP contribution in [0.5, 0.6) is 0 Å². The average molecular weight is 271 g/mol.